The molecule has 0 fully saturated rings. The molecule has 4 nitrogen and oxygen atoms in total. The number of benzene rings is 2. The number of hydrazone groups is 1. The summed E-state index contributed by atoms with van der Waals surface area (Å²) in [4.78, 5) is 0. The van der Waals surface area contributed by atoms with Crippen molar-refractivity contribution in [3.05, 3.63) is 89.0 Å². The van der Waals surface area contributed by atoms with Crippen molar-refractivity contribution in [2.24, 2.45) is 5.10 Å². The van der Waals surface area contributed by atoms with Crippen LogP contribution >= 0.6 is 12.2 Å². The molecule has 3 rings (SSSR count). The van der Waals surface area contributed by atoms with E-state index in [1.807, 2.05) is 54.9 Å². The van der Waals surface area contributed by atoms with Crippen LogP contribution in [0.4, 0.5) is 10.1 Å². The number of nitrogens with zero attached hydrogens (tertiary/aromatic N) is 2. The fourth-order valence-corrected chi connectivity index (χ4v) is 2.92. The minimum atomic E-state index is -0.217. The number of hydrogen-bond donors (Lipinski definition) is 2. The molecular weight excluding hydrogens is 359 g/mol. The molecule has 0 aliphatic rings. The van der Waals surface area contributed by atoms with E-state index in [-0.39, 0.29) is 5.82 Å². The van der Waals surface area contributed by atoms with Gasteiger partial charge in [-0.25, -0.2) is 4.39 Å². The van der Waals surface area contributed by atoms with Gasteiger partial charge in [-0.15, -0.1) is 0 Å². The molecule has 2 aromatic carbocycles. The van der Waals surface area contributed by atoms with Crippen molar-refractivity contribution in [1.29, 1.82) is 0 Å². The lowest BCUT2D eigenvalue weighted by molar-refractivity contribution is 0.599. The predicted octanol–water partition coefficient (Wildman–Crippen LogP) is 4.61. The molecule has 0 atom stereocenters. The lowest BCUT2D eigenvalue weighted by Gasteiger charge is -2.10. The minimum Gasteiger partial charge on any atom is -0.342 e. The zero-order valence-electron chi connectivity index (χ0n) is 15.2. The van der Waals surface area contributed by atoms with Gasteiger partial charge in [-0.05, 0) is 55.9 Å². The highest BCUT2D eigenvalue weighted by molar-refractivity contribution is 7.80. The Hall–Kier alpha value is -2.99. The van der Waals surface area contributed by atoms with Crippen LogP contribution in [0.1, 0.15) is 22.4 Å². The molecule has 2 N–H and O–H groups in total. The number of hydrogen-bond acceptors (Lipinski definition) is 2. The Labute approximate surface area is 163 Å². The van der Waals surface area contributed by atoms with Gasteiger partial charge in [0.2, 0.25) is 0 Å². The zero-order valence-corrected chi connectivity index (χ0v) is 16.1. The van der Waals surface area contributed by atoms with Crippen molar-refractivity contribution < 1.29 is 4.39 Å². The van der Waals surface area contributed by atoms with Crippen molar-refractivity contribution in [2.75, 3.05) is 5.32 Å². The Bertz CT molecular complexity index is 978. The molecule has 0 saturated carbocycles. The summed E-state index contributed by atoms with van der Waals surface area (Å²) in [5.41, 5.74) is 7.54. The fourth-order valence-electron chi connectivity index (χ4n) is 2.76. The molecule has 0 unspecified atom stereocenters. The van der Waals surface area contributed by atoms with Gasteiger partial charge in [-0.3, -0.25) is 5.43 Å². The summed E-state index contributed by atoms with van der Waals surface area (Å²) >= 11 is 5.29. The standard InChI is InChI=1S/C21H21FN4S/c1-15-9-10-20(16(2)12-15)24-21(27)25-23-13-18-7-5-11-26(18)14-17-6-3-4-8-19(17)22/h3-13H,14H2,1-2H3,(H2,24,25,27)/b23-13+. The van der Waals surface area contributed by atoms with Gasteiger partial charge in [0.15, 0.2) is 5.11 Å². The molecule has 3 aromatic rings. The molecule has 0 radical (unpaired) electrons. The average Bonchev–Trinajstić information content (AvgIpc) is 3.06. The second kappa shape index (κ2) is 8.60. The molecule has 138 valence electrons. The van der Waals surface area contributed by atoms with E-state index in [2.05, 4.69) is 21.9 Å². The monoisotopic (exact) mass is 380 g/mol. The van der Waals surface area contributed by atoms with Crippen molar-refractivity contribution >= 4 is 29.2 Å². The maximum atomic E-state index is 13.9. The van der Waals surface area contributed by atoms with Gasteiger partial charge >= 0.3 is 0 Å². The Morgan fingerprint density at radius 1 is 1.15 bits per heavy atom. The van der Waals surface area contributed by atoms with Gasteiger partial charge in [0, 0.05) is 17.4 Å². The lowest BCUT2D eigenvalue weighted by atomic mass is 10.1. The van der Waals surface area contributed by atoms with Crippen molar-refractivity contribution in [2.45, 2.75) is 20.4 Å². The third-order valence-corrected chi connectivity index (χ3v) is 4.35. The molecule has 0 saturated heterocycles. The summed E-state index contributed by atoms with van der Waals surface area (Å²) in [5.74, 6) is -0.217. The third-order valence-electron chi connectivity index (χ3n) is 4.16. The summed E-state index contributed by atoms with van der Waals surface area (Å²) in [7, 11) is 0. The summed E-state index contributed by atoms with van der Waals surface area (Å²) in [5, 5.41) is 7.73. The topological polar surface area (TPSA) is 41.4 Å². The molecule has 1 heterocycles. The van der Waals surface area contributed by atoms with Crippen LogP contribution in [0, 0.1) is 19.7 Å². The molecule has 0 aliphatic heterocycles. The summed E-state index contributed by atoms with van der Waals surface area (Å²) in [6.07, 6.45) is 3.55. The maximum absolute atomic E-state index is 13.9. The first-order chi connectivity index (χ1) is 13.0. The van der Waals surface area contributed by atoms with Crippen LogP contribution in [0.25, 0.3) is 0 Å². The molecule has 0 aliphatic carbocycles. The summed E-state index contributed by atoms with van der Waals surface area (Å²) in [6.45, 7) is 4.51. The highest BCUT2D eigenvalue weighted by atomic mass is 32.1. The smallest absolute Gasteiger partial charge is 0.191 e. The second-order valence-corrected chi connectivity index (χ2v) is 6.70. The molecule has 27 heavy (non-hydrogen) atoms. The first kappa shape index (κ1) is 18.8. The van der Waals surface area contributed by atoms with Gasteiger partial charge in [0.05, 0.1) is 18.5 Å². The lowest BCUT2D eigenvalue weighted by Crippen LogP contribution is -2.24. The Morgan fingerprint density at radius 2 is 1.96 bits per heavy atom. The van der Waals surface area contributed by atoms with Crippen LogP contribution in [0.15, 0.2) is 65.9 Å². The number of thiocarbonyl (C=S) groups is 1. The molecule has 0 bridgehead atoms. The minimum absolute atomic E-state index is 0.217. The van der Waals surface area contributed by atoms with Crippen LogP contribution in [-0.2, 0) is 6.54 Å². The van der Waals surface area contributed by atoms with E-state index in [1.165, 1.54) is 11.6 Å². The van der Waals surface area contributed by atoms with Crippen molar-refractivity contribution in [1.82, 2.24) is 9.99 Å². The number of nitrogens with one attached hydrogen (secondary N) is 2. The zero-order chi connectivity index (χ0) is 19.2. The molecule has 0 spiro atoms. The number of aryl methyl sites for hydroxylation is 2. The average molecular weight is 380 g/mol. The molecule has 0 amide bonds. The molecular formula is C21H21FN4S. The van der Waals surface area contributed by atoms with Crippen LogP contribution in [0.3, 0.4) is 0 Å². The quantitative estimate of drug-likeness (QED) is 0.386. The number of anilines is 1. The van der Waals surface area contributed by atoms with Crippen LogP contribution in [0.2, 0.25) is 0 Å². The van der Waals surface area contributed by atoms with E-state index < -0.39 is 0 Å². The van der Waals surface area contributed by atoms with E-state index in [1.54, 1.807) is 18.3 Å². The van der Waals surface area contributed by atoms with Crippen LogP contribution in [-0.4, -0.2) is 15.9 Å². The second-order valence-electron chi connectivity index (χ2n) is 6.29. The maximum Gasteiger partial charge on any atom is 0.191 e. The highest BCUT2D eigenvalue weighted by Crippen LogP contribution is 2.15. The SMILES string of the molecule is Cc1ccc(NC(=S)N/N=C/c2cccn2Cc2ccccc2F)c(C)c1. The third kappa shape index (κ3) is 5.01. The first-order valence-corrected chi connectivity index (χ1v) is 8.99. The molecule has 6 heteroatoms. The molecule has 1 aromatic heterocycles. The first-order valence-electron chi connectivity index (χ1n) is 8.59. The fraction of sp³-hybridized carbons (Fsp3) is 0.143. The predicted molar refractivity (Wildman–Crippen MR) is 113 cm³/mol. The normalized spacial score (nSPS) is 10.9. The number of aromatic nitrogens is 1. The Morgan fingerprint density at radius 3 is 2.74 bits per heavy atom. The Kier molecular flexibility index (Phi) is 5.98. The van der Waals surface area contributed by atoms with E-state index >= 15 is 0 Å². The van der Waals surface area contributed by atoms with Crippen molar-refractivity contribution in [3.63, 3.8) is 0 Å². The largest absolute Gasteiger partial charge is 0.342 e. The van der Waals surface area contributed by atoms with Gasteiger partial charge in [-0.1, -0.05) is 35.9 Å². The summed E-state index contributed by atoms with van der Waals surface area (Å²) in [6, 6.07) is 16.7. The van der Waals surface area contributed by atoms with E-state index in [0.717, 1.165) is 16.9 Å². The van der Waals surface area contributed by atoms with Gasteiger partial charge in [0.1, 0.15) is 5.82 Å². The van der Waals surface area contributed by atoms with Gasteiger partial charge in [0.25, 0.3) is 0 Å². The van der Waals surface area contributed by atoms with Crippen molar-refractivity contribution in [3.8, 4) is 0 Å². The van der Waals surface area contributed by atoms with E-state index in [0.29, 0.717) is 17.2 Å². The van der Waals surface area contributed by atoms with E-state index in [4.69, 9.17) is 12.2 Å². The van der Waals surface area contributed by atoms with Crippen LogP contribution in [0.5, 0.6) is 0 Å². The van der Waals surface area contributed by atoms with Crippen LogP contribution < -0.4 is 10.7 Å². The number of halogens is 1. The highest BCUT2D eigenvalue weighted by Gasteiger charge is 2.04. The Balaban J connectivity index is 1.61. The summed E-state index contributed by atoms with van der Waals surface area (Å²) < 4.78 is 15.8. The van der Waals surface area contributed by atoms with Gasteiger partial charge in [-0.2, -0.15) is 5.10 Å². The number of rotatable bonds is 5. The van der Waals surface area contributed by atoms with Gasteiger partial charge < -0.3 is 9.88 Å². The van der Waals surface area contributed by atoms with E-state index in [9.17, 15) is 4.39 Å².